The fraction of sp³-hybridized carbons (Fsp3) is 0.700. The molecule has 1 saturated heterocycles. The number of hydrogen-bond donors (Lipinski definition) is 1. The lowest BCUT2D eigenvalue weighted by molar-refractivity contribution is 0.158. The molecular weight excluding hydrogens is 371 g/mol. The summed E-state index contributed by atoms with van der Waals surface area (Å²) in [5, 5.41) is 3.49. The van der Waals surface area contributed by atoms with Crippen molar-refractivity contribution in [3.63, 3.8) is 0 Å². The Bertz CT molecular complexity index is 483. The van der Waals surface area contributed by atoms with Crippen LogP contribution in [0.4, 0.5) is 0 Å². The lowest BCUT2D eigenvalue weighted by atomic mass is 9.95. The Hall–Kier alpha value is 0.0700. The van der Waals surface area contributed by atoms with Crippen LogP contribution in [0.5, 0.6) is 0 Å². The molecule has 1 fully saturated rings. The van der Waals surface area contributed by atoms with Crippen LogP contribution < -0.4 is 5.32 Å². The number of halogens is 2. The van der Waals surface area contributed by atoms with Crippen molar-refractivity contribution < 1.29 is 0 Å². The zero-order chi connectivity index (χ0) is 16.9. The number of piperazine rings is 1. The standard InChI is InChI=1S/C20H34N2S.2ClH/c1-16(2)10-11-18(22-14-12-21-13-15-22)17-8-6-7-9-19(17)23-20(3,4)5;;/h6-9,16,18,21H,10-15H2,1-5H3;2*1H/t18-;;/m0../s1. The average molecular weight is 407 g/mol. The molecular formula is C20H36Cl2N2S. The van der Waals surface area contributed by atoms with Crippen LogP contribution in [0.1, 0.15) is 59.1 Å². The van der Waals surface area contributed by atoms with Crippen molar-refractivity contribution in [3.05, 3.63) is 29.8 Å². The van der Waals surface area contributed by atoms with E-state index < -0.39 is 0 Å². The van der Waals surface area contributed by atoms with Gasteiger partial charge in [0.2, 0.25) is 0 Å². The highest BCUT2D eigenvalue weighted by Gasteiger charge is 2.25. The Morgan fingerprint density at radius 2 is 1.64 bits per heavy atom. The van der Waals surface area contributed by atoms with E-state index in [9.17, 15) is 0 Å². The number of thioether (sulfide) groups is 1. The fourth-order valence-electron chi connectivity index (χ4n) is 3.20. The monoisotopic (exact) mass is 406 g/mol. The summed E-state index contributed by atoms with van der Waals surface area (Å²) in [6, 6.07) is 9.64. The summed E-state index contributed by atoms with van der Waals surface area (Å²) in [4.78, 5) is 4.16. The van der Waals surface area contributed by atoms with E-state index in [1.54, 1.807) is 0 Å². The second-order valence-electron chi connectivity index (χ2n) is 8.03. The first-order chi connectivity index (χ1) is 10.9. The Morgan fingerprint density at radius 1 is 1.04 bits per heavy atom. The summed E-state index contributed by atoms with van der Waals surface area (Å²) in [6.07, 6.45) is 2.56. The Balaban J connectivity index is 0.00000288. The minimum atomic E-state index is 0. The molecule has 2 rings (SSSR count). The molecule has 0 amide bonds. The smallest absolute Gasteiger partial charge is 0.0360 e. The molecule has 0 radical (unpaired) electrons. The quantitative estimate of drug-likeness (QED) is 0.600. The van der Waals surface area contributed by atoms with Crippen molar-refractivity contribution in [1.29, 1.82) is 0 Å². The lowest BCUT2D eigenvalue weighted by Crippen LogP contribution is -2.45. The number of nitrogens with zero attached hydrogens (tertiary/aromatic N) is 1. The second kappa shape index (κ2) is 11.7. The van der Waals surface area contributed by atoms with Crippen LogP contribution in [0.3, 0.4) is 0 Å². The highest BCUT2D eigenvalue weighted by Crippen LogP contribution is 2.39. The predicted octanol–water partition coefficient (Wildman–Crippen LogP) is 5.80. The molecule has 25 heavy (non-hydrogen) atoms. The first kappa shape index (κ1) is 25.1. The normalized spacial score (nSPS) is 16.9. The van der Waals surface area contributed by atoms with Crippen molar-refractivity contribution in [2.24, 2.45) is 5.92 Å². The molecule has 0 saturated carbocycles. The fourth-order valence-corrected chi connectivity index (χ4v) is 4.33. The summed E-state index contributed by atoms with van der Waals surface area (Å²) in [5.41, 5.74) is 1.54. The summed E-state index contributed by atoms with van der Waals surface area (Å²) in [5.74, 6) is 0.767. The molecule has 1 aromatic carbocycles. The van der Waals surface area contributed by atoms with Gasteiger partial charge in [0.05, 0.1) is 0 Å². The Kier molecular flexibility index (Phi) is 11.7. The zero-order valence-electron chi connectivity index (χ0n) is 16.4. The van der Waals surface area contributed by atoms with Crippen LogP contribution in [0, 0.1) is 5.92 Å². The third-order valence-corrected chi connectivity index (χ3v) is 5.51. The van der Waals surface area contributed by atoms with Crippen molar-refractivity contribution in [2.45, 2.75) is 63.1 Å². The maximum atomic E-state index is 3.49. The summed E-state index contributed by atoms with van der Waals surface area (Å²) < 4.78 is 0.252. The van der Waals surface area contributed by atoms with E-state index in [0.717, 1.165) is 32.1 Å². The van der Waals surface area contributed by atoms with Crippen molar-refractivity contribution in [2.75, 3.05) is 26.2 Å². The molecule has 0 aromatic heterocycles. The third kappa shape index (κ3) is 8.53. The van der Waals surface area contributed by atoms with Gasteiger partial charge in [-0.15, -0.1) is 36.6 Å². The van der Waals surface area contributed by atoms with Crippen molar-refractivity contribution >= 4 is 36.6 Å². The molecule has 1 heterocycles. The minimum Gasteiger partial charge on any atom is -0.314 e. The van der Waals surface area contributed by atoms with Gasteiger partial charge in [-0.05, 0) is 30.4 Å². The van der Waals surface area contributed by atoms with Gasteiger partial charge < -0.3 is 5.32 Å². The van der Waals surface area contributed by atoms with Gasteiger partial charge in [-0.25, -0.2) is 0 Å². The lowest BCUT2D eigenvalue weighted by Gasteiger charge is -2.37. The van der Waals surface area contributed by atoms with Gasteiger partial charge in [0, 0.05) is 41.9 Å². The molecule has 1 atom stereocenters. The van der Waals surface area contributed by atoms with Gasteiger partial charge in [0.15, 0.2) is 0 Å². The van der Waals surface area contributed by atoms with Gasteiger partial charge in [-0.3, -0.25) is 4.90 Å². The van der Waals surface area contributed by atoms with E-state index in [1.165, 1.54) is 23.3 Å². The predicted molar refractivity (Wildman–Crippen MR) is 118 cm³/mol. The van der Waals surface area contributed by atoms with Crippen LogP contribution in [-0.2, 0) is 0 Å². The van der Waals surface area contributed by atoms with Gasteiger partial charge in [-0.1, -0.05) is 52.8 Å². The van der Waals surface area contributed by atoms with E-state index in [4.69, 9.17) is 0 Å². The van der Waals surface area contributed by atoms with Crippen LogP contribution in [-0.4, -0.2) is 35.8 Å². The van der Waals surface area contributed by atoms with Gasteiger partial charge >= 0.3 is 0 Å². The molecule has 0 bridgehead atoms. The minimum absolute atomic E-state index is 0. The number of hydrogen-bond acceptors (Lipinski definition) is 3. The molecule has 146 valence electrons. The molecule has 0 unspecified atom stereocenters. The average Bonchev–Trinajstić information content (AvgIpc) is 2.48. The third-order valence-electron chi connectivity index (χ3n) is 4.30. The summed E-state index contributed by atoms with van der Waals surface area (Å²) in [7, 11) is 0. The highest BCUT2D eigenvalue weighted by molar-refractivity contribution is 8.00. The van der Waals surface area contributed by atoms with E-state index >= 15 is 0 Å². The zero-order valence-corrected chi connectivity index (χ0v) is 18.8. The van der Waals surface area contributed by atoms with Gasteiger partial charge in [0.25, 0.3) is 0 Å². The van der Waals surface area contributed by atoms with Crippen LogP contribution >= 0.6 is 36.6 Å². The van der Waals surface area contributed by atoms with Gasteiger partial charge in [0.1, 0.15) is 0 Å². The Labute approximate surface area is 171 Å². The van der Waals surface area contributed by atoms with E-state index in [2.05, 4.69) is 69.1 Å². The first-order valence-corrected chi connectivity index (χ1v) is 9.91. The van der Waals surface area contributed by atoms with Crippen molar-refractivity contribution in [1.82, 2.24) is 10.2 Å². The summed E-state index contributed by atoms with van der Waals surface area (Å²) >= 11 is 2.01. The Morgan fingerprint density at radius 3 is 2.20 bits per heavy atom. The first-order valence-electron chi connectivity index (χ1n) is 9.09. The van der Waals surface area contributed by atoms with E-state index in [-0.39, 0.29) is 29.6 Å². The molecule has 5 heteroatoms. The summed E-state index contributed by atoms with van der Waals surface area (Å²) in [6.45, 7) is 16.2. The number of rotatable bonds is 6. The second-order valence-corrected chi connectivity index (χ2v) is 9.89. The topological polar surface area (TPSA) is 15.3 Å². The maximum Gasteiger partial charge on any atom is 0.0360 e. The maximum absolute atomic E-state index is 3.49. The van der Waals surface area contributed by atoms with E-state index in [1.807, 2.05) is 11.8 Å². The molecule has 1 aliphatic rings. The SMILES string of the molecule is CC(C)CC[C@@H](c1ccccc1SC(C)(C)C)N1CCNCC1.Cl.Cl. The van der Waals surface area contributed by atoms with E-state index in [0.29, 0.717) is 6.04 Å². The van der Waals surface area contributed by atoms with Crippen LogP contribution in [0.15, 0.2) is 29.2 Å². The highest BCUT2D eigenvalue weighted by atomic mass is 35.5. The van der Waals surface area contributed by atoms with Crippen LogP contribution in [0.2, 0.25) is 0 Å². The largest absolute Gasteiger partial charge is 0.314 e. The molecule has 1 aromatic rings. The number of benzene rings is 1. The molecule has 2 nitrogen and oxygen atoms in total. The molecule has 1 N–H and O–H groups in total. The van der Waals surface area contributed by atoms with Gasteiger partial charge in [-0.2, -0.15) is 0 Å². The molecule has 0 aliphatic carbocycles. The molecule has 0 spiro atoms. The van der Waals surface area contributed by atoms with Crippen molar-refractivity contribution in [3.8, 4) is 0 Å². The molecule has 1 aliphatic heterocycles. The number of nitrogens with one attached hydrogen (secondary N) is 1. The van der Waals surface area contributed by atoms with Crippen LogP contribution in [0.25, 0.3) is 0 Å².